The molecule has 0 amide bonds. The first-order valence-electron chi connectivity index (χ1n) is 31.6. The molecule has 0 saturated carbocycles. The summed E-state index contributed by atoms with van der Waals surface area (Å²) in [7, 11) is 8.29. The molecule has 84 heavy (non-hydrogen) atoms. The number of amidine groups is 2. The minimum Gasteiger partial charge on any atom is -0.358 e. The topological polar surface area (TPSA) is 172 Å². The maximum Gasteiger partial charge on any atom is 0.168 e. The molecule has 16 heterocycles. The predicted molar refractivity (Wildman–Crippen MR) is 335 cm³/mol. The Balaban J connectivity index is 0.000000105. The van der Waals surface area contributed by atoms with Crippen LogP contribution < -0.4 is 0 Å². The zero-order chi connectivity index (χ0) is 58.7. The van der Waals surface area contributed by atoms with Gasteiger partial charge in [0.1, 0.15) is 23.3 Å². The van der Waals surface area contributed by atoms with Gasteiger partial charge < -0.3 is 42.1 Å². The van der Waals surface area contributed by atoms with E-state index in [0.29, 0.717) is 0 Å². The molecule has 0 aromatic carbocycles. The number of fused-ring (bicyclic) bond motifs is 9. The van der Waals surface area contributed by atoms with Crippen LogP contribution in [0.25, 0.3) is 0 Å². The van der Waals surface area contributed by atoms with Crippen LogP contribution >= 0.6 is 11.8 Å². The van der Waals surface area contributed by atoms with Gasteiger partial charge in [-0.15, -0.1) is 10.2 Å². The number of aromatic nitrogens is 15. The van der Waals surface area contributed by atoms with E-state index in [1.165, 1.54) is 214 Å². The van der Waals surface area contributed by atoms with Gasteiger partial charge in [0.2, 0.25) is 0 Å². The van der Waals surface area contributed by atoms with Crippen molar-refractivity contribution >= 4 is 23.4 Å². The fourth-order valence-corrected chi connectivity index (χ4v) is 14.5. The van der Waals surface area contributed by atoms with E-state index in [-0.39, 0.29) is 0 Å². The van der Waals surface area contributed by atoms with Crippen LogP contribution in [0.3, 0.4) is 0 Å². The van der Waals surface area contributed by atoms with Gasteiger partial charge in [-0.05, 0) is 150 Å². The Kier molecular flexibility index (Phi) is 20.8. The van der Waals surface area contributed by atoms with Crippen LogP contribution in [-0.4, -0.2) is 156 Å². The first-order chi connectivity index (χ1) is 40.8. The third kappa shape index (κ3) is 14.8. The molecule has 0 radical (unpaired) electrons. The van der Waals surface area contributed by atoms with Crippen molar-refractivity contribution in [1.82, 2.24) is 87.0 Å². The second kappa shape index (κ2) is 28.7. The van der Waals surface area contributed by atoms with Gasteiger partial charge in [-0.2, -0.15) is 5.10 Å². The van der Waals surface area contributed by atoms with E-state index in [0.717, 1.165) is 75.8 Å². The first-order valence-corrected chi connectivity index (χ1v) is 32.6. The molecule has 2 aliphatic carbocycles. The quantitative estimate of drug-likeness (QED) is 0.142. The van der Waals surface area contributed by atoms with Crippen molar-refractivity contribution < 1.29 is 0 Å². The summed E-state index contributed by atoms with van der Waals surface area (Å²) < 4.78 is 15.3. The van der Waals surface area contributed by atoms with Crippen LogP contribution in [0.4, 0.5) is 0 Å². The Morgan fingerprint density at radius 2 is 1.14 bits per heavy atom. The van der Waals surface area contributed by atoms with Crippen molar-refractivity contribution in [3.8, 4) is 0 Å². The number of hydrogen-bond donors (Lipinski definition) is 0. The molecule has 18 rings (SSSR count). The van der Waals surface area contributed by atoms with Crippen molar-refractivity contribution in [1.29, 1.82) is 0 Å². The molecule has 21 heteroatoms. The zero-order valence-corrected chi connectivity index (χ0v) is 53.3. The molecule has 2 unspecified atom stereocenters. The third-order valence-electron chi connectivity index (χ3n) is 18.4. The van der Waals surface area contributed by atoms with Crippen molar-refractivity contribution in [2.45, 2.75) is 207 Å². The largest absolute Gasteiger partial charge is 0.358 e. The number of imidazole rings is 5. The number of aliphatic imine (C=N–C) groups is 2. The molecule has 0 bridgehead atoms. The monoisotopic (exact) mass is 1160 g/mol. The Morgan fingerprint density at radius 1 is 0.476 bits per heavy atom. The third-order valence-corrected chi connectivity index (χ3v) is 19.4. The van der Waals surface area contributed by atoms with Gasteiger partial charge in [-0.25, -0.2) is 24.9 Å². The SMILES string of the molecule is CC1=NCC2CCCN12.CC1=NCCC2CCCN12.CN1CCc2c(ncn2C)C1.Cc1cnc2n1CCC2.Cc1cnc2n1CCS2.Cc1ncc2n1CCC2.Cc1nnc2n1CCC2.Cn1cnc2c1CCC2.Cn1ncc2c1CCC2. The van der Waals surface area contributed by atoms with Crippen molar-refractivity contribution in [3.05, 3.63) is 112 Å². The van der Waals surface area contributed by atoms with Crippen LogP contribution in [0, 0.1) is 27.7 Å². The summed E-state index contributed by atoms with van der Waals surface area (Å²) in [6, 6.07) is 1.63. The molecule has 20 nitrogen and oxygen atoms in total. The van der Waals surface area contributed by atoms with E-state index < -0.39 is 0 Å². The normalized spacial score (nSPS) is 20.1. The lowest BCUT2D eigenvalue weighted by Crippen LogP contribution is -2.37. The molecule has 454 valence electrons. The second-order valence-electron chi connectivity index (χ2n) is 24.2. The molecular formula is C63H96N20S. The molecule has 0 N–H and O–H groups in total. The van der Waals surface area contributed by atoms with Gasteiger partial charge in [0.05, 0.1) is 48.5 Å². The highest BCUT2D eigenvalue weighted by atomic mass is 32.2. The number of likely N-dealkylation sites (N-methyl/N-ethyl adjacent to an activating group) is 1. The summed E-state index contributed by atoms with van der Waals surface area (Å²) in [5, 5.41) is 13.3. The van der Waals surface area contributed by atoms with E-state index in [1.807, 2.05) is 67.9 Å². The highest BCUT2D eigenvalue weighted by molar-refractivity contribution is 7.99. The zero-order valence-electron chi connectivity index (χ0n) is 52.5. The van der Waals surface area contributed by atoms with Crippen LogP contribution in [-0.2, 0) is 105 Å². The summed E-state index contributed by atoms with van der Waals surface area (Å²) in [5.74, 6) is 8.39. The van der Waals surface area contributed by atoms with Gasteiger partial charge >= 0.3 is 0 Å². The average molecular weight is 1170 g/mol. The van der Waals surface area contributed by atoms with Crippen molar-refractivity contribution in [3.63, 3.8) is 0 Å². The number of hydrogen-bond acceptors (Lipinski definition) is 14. The summed E-state index contributed by atoms with van der Waals surface area (Å²) in [5.41, 5.74) is 12.3. The van der Waals surface area contributed by atoms with Crippen LogP contribution in [0.5, 0.6) is 0 Å². The van der Waals surface area contributed by atoms with E-state index in [2.05, 4.69) is 148 Å². The van der Waals surface area contributed by atoms with Gasteiger partial charge in [-0.1, -0.05) is 11.8 Å². The summed E-state index contributed by atoms with van der Waals surface area (Å²) in [4.78, 5) is 37.2. The minimum atomic E-state index is 0.782. The summed E-state index contributed by atoms with van der Waals surface area (Å²) in [6.07, 6.45) is 34.4. The smallest absolute Gasteiger partial charge is 0.168 e. The van der Waals surface area contributed by atoms with Gasteiger partial charge in [0, 0.05) is 170 Å². The number of aryl methyl sites for hydroxylation is 12. The van der Waals surface area contributed by atoms with E-state index in [1.54, 1.807) is 0 Å². The van der Waals surface area contributed by atoms with Gasteiger partial charge in [-0.3, -0.25) is 14.7 Å². The van der Waals surface area contributed by atoms with Crippen LogP contribution in [0.1, 0.15) is 152 Å². The van der Waals surface area contributed by atoms with Crippen molar-refractivity contribution in [2.24, 2.45) is 31.1 Å². The molecule has 2 atom stereocenters. The van der Waals surface area contributed by atoms with E-state index in [9.17, 15) is 0 Å². The van der Waals surface area contributed by atoms with E-state index in [4.69, 9.17) is 0 Å². The molecule has 2 saturated heterocycles. The van der Waals surface area contributed by atoms with Crippen molar-refractivity contribution in [2.75, 3.05) is 45.5 Å². The Hall–Kier alpha value is -6.35. The van der Waals surface area contributed by atoms with Gasteiger partial charge in [0.25, 0.3) is 0 Å². The highest BCUT2D eigenvalue weighted by Crippen LogP contribution is 2.27. The van der Waals surface area contributed by atoms with Crippen LogP contribution in [0.15, 0.2) is 52.6 Å². The van der Waals surface area contributed by atoms with Crippen LogP contribution in [0.2, 0.25) is 0 Å². The van der Waals surface area contributed by atoms with E-state index >= 15 is 0 Å². The number of nitrogens with zero attached hydrogens (tertiary/aromatic N) is 20. The lowest BCUT2D eigenvalue weighted by Gasteiger charge is -2.29. The molecule has 7 aromatic heterocycles. The second-order valence-corrected chi connectivity index (χ2v) is 25.3. The fraction of sp³-hybridized carbons (Fsp3) is 0.651. The number of thioether (sulfide) groups is 1. The Bertz CT molecular complexity index is 2910. The maximum absolute atomic E-state index is 4.42. The Labute approximate surface area is 503 Å². The molecule has 0 spiro atoms. The highest BCUT2D eigenvalue weighted by Gasteiger charge is 2.29. The summed E-state index contributed by atoms with van der Waals surface area (Å²) in [6.45, 7) is 24.0. The number of rotatable bonds is 0. The maximum atomic E-state index is 4.42. The standard InChI is InChI=1S/C8H13N3.C8H14N2.2C7H10N2.C7H12N2.2C7H10N2.C6H9N3.C6H8N2S/c1-10-4-3-8-7(5-10)9-6-11(8)2;1-7-9-5-4-8-3-2-6-10(7)8;1-9-5-8-6-3-2-4-7(6)9;1-9-7-4-2-3-6(7)5-8-9;2*1-6-8-5-7-3-2-4-9(6)7;1-6-5-8-7-3-2-4-9(6)7;1-5-7-8-6-3-2-4-9(5)6;1-5-4-7-6-8(5)2-3-9-6/h6H,3-5H2,1-2H3;8H,2-6H2,1H3;2*5H,2-4H2,1H3;7H,2-5H2,1H3;2*5H,2-4H2,1H3;2-4H2,1H3;4H,2-3H2,1H3. The van der Waals surface area contributed by atoms with Gasteiger partial charge in [0.15, 0.2) is 5.16 Å². The first kappa shape index (κ1) is 60.8. The predicted octanol–water partition coefficient (Wildman–Crippen LogP) is 8.49. The lowest BCUT2D eigenvalue weighted by atomic mass is 10.1. The molecule has 9 aliphatic heterocycles. The Morgan fingerprint density at radius 3 is 1.87 bits per heavy atom. The lowest BCUT2D eigenvalue weighted by molar-refractivity contribution is 0.305. The molecule has 11 aliphatic rings. The molecule has 7 aromatic rings. The molecular weight excluding hydrogens is 1070 g/mol. The minimum absolute atomic E-state index is 0.782. The fourth-order valence-electron chi connectivity index (χ4n) is 13.5. The average Bonchev–Trinajstić information content (AvgIpc) is 4.37. The molecule has 2 fully saturated rings. The summed E-state index contributed by atoms with van der Waals surface area (Å²) >= 11 is 1.84.